The van der Waals surface area contributed by atoms with Crippen LogP contribution in [0.15, 0.2) is 0 Å². The Morgan fingerprint density at radius 1 is 1.10 bits per heavy atom. The Balaban J connectivity index is -0.0000000110. The second-order valence-electron chi connectivity index (χ2n) is 0.289. The number of rotatable bonds is 0. The Kier molecular flexibility index (Phi) is 4640. The first kappa shape index (κ1) is 33.6. The van der Waals surface area contributed by atoms with Gasteiger partial charge in [0, 0.05) is 0 Å². The Hall–Kier alpha value is -0.401. The van der Waals surface area contributed by atoms with Crippen molar-refractivity contribution in [1.29, 1.82) is 0 Å². The minimum Gasteiger partial charge on any atom is -0.577 e. The molecule has 0 N–H and O–H groups in total. The molecule has 0 unspecified atom stereocenters. The Morgan fingerprint density at radius 3 is 1.10 bits per heavy atom. The molecule has 0 aromatic carbocycles. The van der Waals surface area contributed by atoms with Gasteiger partial charge in [-0.2, -0.15) is 0 Å². The quantitative estimate of drug-likeness (QED) is 0.314. The summed E-state index contributed by atoms with van der Waals surface area (Å²) in [5.74, 6) is 0. The van der Waals surface area contributed by atoms with Gasteiger partial charge in [-0.25, -0.2) is 0 Å². The van der Waals surface area contributed by atoms with E-state index >= 15 is 0 Å². The molecule has 0 rings (SSSR count). The van der Waals surface area contributed by atoms with Crippen LogP contribution in [0.4, 0.5) is 0 Å². The molecule has 0 spiro atoms. The first-order valence-electron chi connectivity index (χ1n) is 1.41. The van der Waals surface area contributed by atoms with Crippen LogP contribution >= 0.6 is 0 Å². The van der Waals surface area contributed by atoms with Gasteiger partial charge in [-0.1, -0.05) is 0 Å². The van der Waals surface area contributed by atoms with Gasteiger partial charge < -0.3 is 10.5 Å². The van der Waals surface area contributed by atoms with E-state index < -0.39 is 0 Å². The molecule has 0 bridgehead atoms. The van der Waals surface area contributed by atoms with Gasteiger partial charge in [0.25, 0.3) is 0 Å². The van der Waals surface area contributed by atoms with Crippen LogP contribution in [-0.4, -0.2) is 0 Å². The summed E-state index contributed by atoms with van der Waals surface area (Å²) in [7, 11) is 0. The van der Waals surface area contributed by atoms with Crippen molar-refractivity contribution < 1.29 is 26.4 Å². The van der Waals surface area contributed by atoms with Crippen molar-refractivity contribution in [2.24, 2.45) is 0 Å². The molecule has 4 nitrogen and oxygen atoms in total. The van der Waals surface area contributed by atoms with Crippen molar-refractivity contribution in [3.05, 3.63) is 44.1 Å². The summed E-state index contributed by atoms with van der Waals surface area (Å²) < 4.78 is 15.0. The number of nitroso groups, excluding NO2 is 1. The molecule has 0 amide bonds. The van der Waals surface area contributed by atoms with Crippen LogP contribution in [0.1, 0.15) is 0 Å². The van der Waals surface area contributed by atoms with Gasteiger partial charge in [-0.15, -0.1) is 0 Å². The van der Waals surface area contributed by atoms with Crippen LogP contribution in [0.25, 0.3) is 5.59 Å². The monoisotopic (exact) mass is 183 g/mol. The van der Waals surface area contributed by atoms with Gasteiger partial charge in [0.2, 0.25) is 0 Å². The number of hydrogen-bond donors (Lipinski definition) is 0. The smallest absolute Gasteiger partial charge is 0.577 e. The minimum atomic E-state index is 0. The second kappa shape index (κ2) is 1380. The predicted molar refractivity (Wildman–Crippen MR) is 29.6 cm³/mol. The van der Waals surface area contributed by atoms with Crippen molar-refractivity contribution in [3.8, 4) is 0 Å². The SMILES string of the molecule is [C-]#[O+].[C-]#[O+].[CH2][CH][CH2].[Fe+2].[N-]=O. The fraction of sp³-hybridized carbons (Fsp3) is 0. The molecule has 0 aromatic rings. The predicted octanol–water partition coefficient (Wildman–Crippen LogP) is 1.10. The summed E-state index contributed by atoms with van der Waals surface area (Å²) in [6, 6.07) is 0. The second-order valence-corrected chi connectivity index (χ2v) is 0.289. The van der Waals surface area contributed by atoms with Gasteiger partial charge in [0.15, 0.2) is 0 Å². The summed E-state index contributed by atoms with van der Waals surface area (Å²) in [5.41, 5.74) is 5.75. The third-order valence-electron chi connectivity index (χ3n) is 0. The maximum absolute atomic E-state index is 7.50. The molecule has 0 aliphatic carbocycles. The van der Waals surface area contributed by atoms with E-state index in [4.69, 9.17) is 19.8 Å². The van der Waals surface area contributed by atoms with Gasteiger partial charge in [0.05, 0.1) is 0 Å². The van der Waals surface area contributed by atoms with Crippen molar-refractivity contribution in [2.75, 3.05) is 0 Å². The summed E-state index contributed by atoms with van der Waals surface area (Å²) in [4.78, 5) is 7.25. The fourth-order valence-electron chi connectivity index (χ4n) is 0. The molecule has 5 heteroatoms. The largest absolute Gasteiger partial charge is 2.00 e. The first-order chi connectivity index (χ1) is 4.41. The Morgan fingerprint density at radius 2 is 1.10 bits per heavy atom. The van der Waals surface area contributed by atoms with Crippen molar-refractivity contribution in [3.63, 3.8) is 0 Å². The van der Waals surface area contributed by atoms with Crippen molar-refractivity contribution in [2.45, 2.75) is 0 Å². The van der Waals surface area contributed by atoms with Gasteiger partial charge in [-0.3, -0.25) is 0 Å². The minimum absolute atomic E-state index is 0. The average molecular weight is 183 g/mol. The summed E-state index contributed by atoms with van der Waals surface area (Å²) in [6.45, 7) is 15.5. The molecule has 0 saturated heterocycles. The van der Waals surface area contributed by atoms with Gasteiger partial charge in [0.1, 0.15) is 0 Å². The van der Waals surface area contributed by atoms with E-state index in [1.165, 1.54) is 6.42 Å². The molecule has 0 fully saturated rings. The maximum Gasteiger partial charge on any atom is 2.00 e. The Labute approximate surface area is 71.1 Å². The van der Waals surface area contributed by atoms with Crippen LogP contribution in [-0.2, 0) is 26.4 Å². The zero-order valence-electron chi connectivity index (χ0n) is 5.02. The molecule has 0 atom stereocenters. The molecule has 3 radical (unpaired) electrons. The standard InChI is InChI=1S/C3H5.2CO.Fe.NO/c1-3-2;2*1-2;;1-2/h3H,1-2H2;;;;/q;;;+2;-1. The van der Waals surface area contributed by atoms with E-state index in [9.17, 15) is 0 Å². The van der Waals surface area contributed by atoms with Crippen LogP contribution in [0.5, 0.6) is 0 Å². The zero-order valence-corrected chi connectivity index (χ0v) is 6.12. The summed E-state index contributed by atoms with van der Waals surface area (Å²) >= 11 is 0. The van der Waals surface area contributed by atoms with Crippen LogP contribution in [0.3, 0.4) is 0 Å². The molecule has 10 heavy (non-hydrogen) atoms. The van der Waals surface area contributed by atoms with Crippen LogP contribution < -0.4 is 0 Å². The third-order valence-corrected chi connectivity index (χ3v) is 0. The third kappa shape index (κ3) is 2060. The van der Waals surface area contributed by atoms with Crippen LogP contribution in [0, 0.1) is 38.5 Å². The molecule has 0 heterocycles. The maximum atomic E-state index is 7.50. The van der Waals surface area contributed by atoms with E-state index in [1.807, 2.05) is 0 Å². The van der Waals surface area contributed by atoms with E-state index in [0.717, 1.165) is 0 Å². The molecule has 0 aromatic heterocycles. The Bertz CT molecular complexity index is 49.3. The van der Waals surface area contributed by atoms with E-state index in [2.05, 4.69) is 27.1 Å². The summed E-state index contributed by atoms with van der Waals surface area (Å²) in [5, 5.41) is 0. The molecule has 0 aliphatic rings. The van der Waals surface area contributed by atoms with Crippen LogP contribution in [0.2, 0.25) is 0 Å². The first-order valence-corrected chi connectivity index (χ1v) is 1.41. The van der Waals surface area contributed by atoms with Gasteiger partial charge >= 0.3 is 39.7 Å². The molecule has 0 saturated carbocycles. The molecule has 0 aliphatic heterocycles. The molecule has 55 valence electrons. The number of hydrogen-bond acceptors (Lipinski definition) is 1. The van der Waals surface area contributed by atoms with Gasteiger partial charge in [-0.05, 0) is 20.3 Å². The fourth-order valence-corrected chi connectivity index (χ4v) is 0. The van der Waals surface area contributed by atoms with E-state index in [1.54, 1.807) is 0 Å². The average Bonchev–Trinajstić information content (AvgIpc) is 2.01. The molecular formula is C5H5FeNO3+. The zero-order chi connectivity index (χ0) is 8.71. The normalized spacial score (nSPS) is 2.60. The number of nitrogens with zero attached hydrogens (tertiary/aromatic N) is 1. The topological polar surface area (TPSA) is 79.2 Å². The van der Waals surface area contributed by atoms with Crippen molar-refractivity contribution >= 4 is 0 Å². The van der Waals surface area contributed by atoms with E-state index in [-0.39, 0.29) is 17.1 Å². The van der Waals surface area contributed by atoms with Crippen molar-refractivity contribution in [1.82, 2.24) is 0 Å². The summed E-state index contributed by atoms with van der Waals surface area (Å²) in [6.07, 6.45) is 1.50. The van der Waals surface area contributed by atoms with E-state index in [0.29, 0.717) is 0 Å². The molecular weight excluding hydrogens is 178 g/mol.